The normalized spacial score (nSPS) is 10.4. The van der Waals surface area contributed by atoms with E-state index in [9.17, 15) is 9.59 Å². The van der Waals surface area contributed by atoms with Crippen LogP contribution in [-0.4, -0.2) is 45.2 Å². The van der Waals surface area contributed by atoms with E-state index >= 15 is 0 Å². The molecule has 0 aliphatic rings. The fraction of sp³-hybridized carbons (Fsp3) is 0.259. The van der Waals surface area contributed by atoms with Crippen molar-refractivity contribution >= 4 is 23.2 Å². The molecule has 0 saturated heterocycles. The van der Waals surface area contributed by atoms with Gasteiger partial charge in [0.25, 0.3) is 5.91 Å². The van der Waals surface area contributed by atoms with Gasteiger partial charge in [0, 0.05) is 43.6 Å². The topological polar surface area (TPSA) is 88.7 Å². The molecular formula is C27H31N3O4. The van der Waals surface area contributed by atoms with Gasteiger partial charge in [-0.15, -0.1) is 0 Å². The molecule has 2 amide bonds. The van der Waals surface area contributed by atoms with Crippen molar-refractivity contribution in [2.45, 2.75) is 12.8 Å². The average Bonchev–Trinajstić information content (AvgIpc) is 2.87. The van der Waals surface area contributed by atoms with E-state index in [0.29, 0.717) is 36.7 Å². The summed E-state index contributed by atoms with van der Waals surface area (Å²) >= 11 is 0. The van der Waals surface area contributed by atoms with Gasteiger partial charge in [0.15, 0.2) is 0 Å². The number of methoxy groups -OCH3 is 1. The molecule has 3 aromatic carbocycles. The highest BCUT2D eigenvalue weighted by Crippen LogP contribution is 2.16. The first-order valence-electron chi connectivity index (χ1n) is 11.3. The van der Waals surface area contributed by atoms with Crippen LogP contribution in [0.5, 0.6) is 5.75 Å². The van der Waals surface area contributed by atoms with E-state index in [1.54, 1.807) is 25.3 Å². The molecule has 0 heterocycles. The third kappa shape index (κ3) is 8.60. The lowest BCUT2D eigenvalue weighted by Gasteiger charge is -2.11. The summed E-state index contributed by atoms with van der Waals surface area (Å²) in [5.41, 5.74) is 3.14. The van der Waals surface area contributed by atoms with Crippen LogP contribution in [0.4, 0.5) is 11.4 Å². The number of benzene rings is 3. The predicted octanol–water partition coefficient (Wildman–Crippen LogP) is 4.13. The first-order chi connectivity index (χ1) is 16.6. The number of carbonyl (C=O) groups is 2. The fourth-order valence-corrected chi connectivity index (χ4v) is 3.24. The Kier molecular flexibility index (Phi) is 9.95. The maximum atomic E-state index is 12.3. The number of carbonyl (C=O) groups excluding carboxylic acids is 2. The van der Waals surface area contributed by atoms with Crippen LogP contribution >= 0.6 is 0 Å². The van der Waals surface area contributed by atoms with Gasteiger partial charge in [0.1, 0.15) is 5.75 Å². The molecule has 0 aliphatic carbocycles. The zero-order valence-corrected chi connectivity index (χ0v) is 19.4. The first kappa shape index (κ1) is 24.8. The molecule has 0 aromatic heterocycles. The minimum Gasteiger partial charge on any atom is -0.493 e. The molecule has 3 rings (SSSR count). The van der Waals surface area contributed by atoms with Crippen molar-refractivity contribution in [2.75, 3.05) is 44.0 Å². The number of rotatable bonds is 13. The third-order valence-electron chi connectivity index (χ3n) is 5.03. The summed E-state index contributed by atoms with van der Waals surface area (Å²) in [6, 6.07) is 24.5. The van der Waals surface area contributed by atoms with Crippen LogP contribution < -0.4 is 20.7 Å². The van der Waals surface area contributed by atoms with E-state index < -0.39 is 0 Å². The molecule has 0 aliphatic heterocycles. The molecule has 0 radical (unpaired) electrons. The van der Waals surface area contributed by atoms with Gasteiger partial charge in [-0.3, -0.25) is 9.59 Å². The molecule has 0 saturated carbocycles. The maximum Gasteiger partial charge on any atom is 0.251 e. The van der Waals surface area contributed by atoms with Crippen LogP contribution in [0.25, 0.3) is 0 Å². The lowest BCUT2D eigenvalue weighted by atomic mass is 10.2. The lowest BCUT2D eigenvalue weighted by Crippen LogP contribution is -2.25. The Balaban J connectivity index is 1.40. The van der Waals surface area contributed by atoms with Gasteiger partial charge in [-0.25, -0.2) is 0 Å². The van der Waals surface area contributed by atoms with E-state index in [4.69, 9.17) is 9.47 Å². The maximum absolute atomic E-state index is 12.3. The Morgan fingerprint density at radius 1 is 0.853 bits per heavy atom. The summed E-state index contributed by atoms with van der Waals surface area (Å²) in [4.78, 5) is 24.6. The quantitative estimate of drug-likeness (QED) is 0.333. The van der Waals surface area contributed by atoms with E-state index in [1.807, 2.05) is 48.5 Å². The molecule has 178 valence electrons. The van der Waals surface area contributed by atoms with Gasteiger partial charge in [0.05, 0.1) is 13.2 Å². The van der Waals surface area contributed by atoms with Gasteiger partial charge < -0.3 is 25.4 Å². The summed E-state index contributed by atoms with van der Waals surface area (Å²) in [5, 5.41) is 8.75. The van der Waals surface area contributed by atoms with Crippen molar-refractivity contribution < 1.29 is 19.1 Å². The van der Waals surface area contributed by atoms with Crippen LogP contribution in [0, 0.1) is 0 Å². The summed E-state index contributed by atoms with van der Waals surface area (Å²) in [5.74, 6) is 0.409. The summed E-state index contributed by atoms with van der Waals surface area (Å²) in [7, 11) is 1.63. The van der Waals surface area contributed by atoms with Gasteiger partial charge >= 0.3 is 0 Å². The van der Waals surface area contributed by atoms with Gasteiger partial charge in [-0.05, 0) is 54.4 Å². The van der Waals surface area contributed by atoms with Gasteiger partial charge in [-0.1, -0.05) is 36.4 Å². The number of amides is 2. The standard InChI is InChI=1S/C27H31N3O4/c1-33-17-6-16-28-27(32)22-9-5-10-24(19-22)29-20-26(31)30-23-11-13-25(14-12-23)34-18-15-21-7-3-2-4-8-21/h2-5,7-14,19,29H,6,15-18,20H2,1H3,(H,28,32)(H,30,31). The number of hydrogen-bond donors (Lipinski definition) is 3. The second kappa shape index (κ2) is 13.6. The SMILES string of the molecule is COCCCNC(=O)c1cccc(NCC(=O)Nc2ccc(OCCc3ccccc3)cc2)c1. The average molecular weight is 462 g/mol. The van der Waals surface area contributed by atoms with Crippen LogP contribution in [0.1, 0.15) is 22.3 Å². The van der Waals surface area contributed by atoms with Crippen LogP contribution in [0.3, 0.4) is 0 Å². The fourth-order valence-electron chi connectivity index (χ4n) is 3.24. The highest BCUT2D eigenvalue weighted by Gasteiger charge is 2.07. The molecule has 3 N–H and O–H groups in total. The van der Waals surface area contributed by atoms with Crippen molar-refractivity contribution in [2.24, 2.45) is 0 Å². The number of hydrogen-bond acceptors (Lipinski definition) is 5. The molecule has 0 atom stereocenters. The number of ether oxygens (including phenoxy) is 2. The highest BCUT2D eigenvalue weighted by atomic mass is 16.5. The highest BCUT2D eigenvalue weighted by molar-refractivity contribution is 5.96. The van der Waals surface area contributed by atoms with Crippen molar-refractivity contribution in [1.82, 2.24) is 5.32 Å². The smallest absolute Gasteiger partial charge is 0.251 e. The Hall–Kier alpha value is -3.84. The lowest BCUT2D eigenvalue weighted by molar-refractivity contribution is -0.114. The van der Waals surface area contributed by atoms with E-state index in [1.165, 1.54) is 5.56 Å². The molecule has 0 fully saturated rings. The Labute approximate surface area is 200 Å². The largest absolute Gasteiger partial charge is 0.493 e. The van der Waals surface area contributed by atoms with Gasteiger partial charge in [0.2, 0.25) is 5.91 Å². The second-order valence-corrected chi connectivity index (χ2v) is 7.69. The molecule has 7 heteroatoms. The van der Waals surface area contributed by atoms with Crippen molar-refractivity contribution in [1.29, 1.82) is 0 Å². The predicted molar refractivity (Wildman–Crippen MR) is 134 cm³/mol. The van der Waals surface area contributed by atoms with Crippen LogP contribution in [0.15, 0.2) is 78.9 Å². The molecule has 0 bridgehead atoms. The second-order valence-electron chi connectivity index (χ2n) is 7.69. The minimum absolute atomic E-state index is 0.0776. The summed E-state index contributed by atoms with van der Waals surface area (Å²) < 4.78 is 10.8. The molecule has 7 nitrogen and oxygen atoms in total. The molecule has 3 aromatic rings. The Morgan fingerprint density at radius 2 is 1.65 bits per heavy atom. The van der Waals surface area contributed by atoms with E-state index in [2.05, 4.69) is 28.1 Å². The monoisotopic (exact) mass is 461 g/mol. The zero-order valence-electron chi connectivity index (χ0n) is 19.4. The zero-order chi connectivity index (χ0) is 24.0. The van der Waals surface area contributed by atoms with E-state index in [0.717, 1.165) is 18.6 Å². The molecule has 0 spiro atoms. The van der Waals surface area contributed by atoms with Crippen molar-refractivity contribution in [3.05, 3.63) is 90.0 Å². The molecular weight excluding hydrogens is 430 g/mol. The first-order valence-corrected chi connectivity index (χ1v) is 11.3. The Bertz CT molecular complexity index is 1040. The Morgan fingerprint density at radius 3 is 2.41 bits per heavy atom. The van der Waals surface area contributed by atoms with Gasteiger partial charge in [-0.2, -0.15) is 0 Å². The minimum atomic E-state index is -0.188. The molecule has 34 heavy (non-hydrogen) atoms. The van der Waals surface area contributed by atoms with Crippen LogP contribution in [0.2, 0.25) is 0 Å². The number of nitrogens with one attached hydrogen (secondary N) is 3. The number of anilines is 2. The third-order valence-corrected chi connectivity index (χ3v) is 5.03. The molecule has 0 unspecified atom stereocenters. The summed E-state index contributed by atoms with van der Waals surface area (Å²) in [6.45, 7) is 1.81. The van der Waals surface area contributed by atoms with Crippen LogP contribution in [-0.2, 0) is 16.0 Å². The van der Waals surface area contributed by atoms with Crippen molar-refractivity contribution in [3.63, 3.8) is 0 Å². The van der Waals surface area contributed by atoms with E-state index in [-0.39, 0.29) is 18.4 Å². The summed E-state index contributed by atoms with van der Waals surface area (Å²) in [6.07, 6.45) is 1.59. The van der Waals surface area contributed by atoms with Crippen molar-refractivity contribution in [3.8, 4) is 5.75 Å².